The fraction of sp³-hybridized carbons (Fsp3) is 0.174. The monoisotopic (exact) mass is 490 g/mol. The molecule has 0 aromatic heterocycles. The molecule has 3 aromatic carbocycles. The topological polar surface area (TPSA) is 84.9 Å². The molecule has 172 valence electrons. The van der Waals surface area contributed by atoms with Crippen molar-refractivity contribution in [3.05, 3.63) is 83.6 Å². The normalized spacial score (nSPS) is 15.0. The Kier molecular flexibility index (Phi) is 6.71. The van der Waals surface area contributed by atoms with Crippen LogP contribution in [0.15, 0.2) is 77.7 Å². The fourth-order valence-corrected chi connectivity index (χ4v) is 4.86. The largest absolute Gasteiger partial charge is 0.486 e. The van der Waals surface area contributed by atoms with Gasteiger partial charge in [0.15, 0.2) is 11.5 Å². The third kappa shape index (κ3) is 5.20. The molecule has 0 spiro atoms. The van der Waals surface area contributed by atoms with E-state index in [1.165, 1.54) is 24.3 Å². The molecule has 0 radical (unpaired) electrons. The van der Waals surface area contributed by atoms with E-state index in [0.29, 0.717) is 11.5 Å². The highest BCUT2D eigenvalue weighted by molar-refractivity contribution is 7.92. The number of hydrogen-bond donors (Lipinski definition) is 1. The lowest BCUT2D eigenvalue weighted by Gasteiger charge is -2.27. The SMILES string of the molecule is O=C(CN(c1ccc(F)c(Cl)c1)S(=O)(=O)c1ccccc1)NC[C@H]1COc2ccccc2O1. The molecule has 0 saturated heterocycles. The molecular weight excluding hydrogens is 471 g/mol. The summed E-state index contributed by atoms with van der Waals surface area (Å²) in [5.74, 6) is -0.0836. The van der Waals surface area contributed by atoms with E-state index in [9.17, 15) is 17.6 Å². The molecule has 3 aromatic rings. The second kappa shape index (κ2) is 9.68. The molecule has 4 rings (SSSR count). The summed E-state index contributed by atoms with van der Waals surface area (Å²) in [7, 11) is -4.13. The molecule has 1 aliphatic heterocycles. The average molecular weight is 491 g/mol. The van der Waals surface area contributed by atoms with Crippen LogP contribution in [0.25, 0.3) is 0 Å². The molecule has 0 unspecified atom stereocenters. The number of sulfonamides is 1. The van der Waals surface area contributed by atoms with Crippen molar-refractivity contribution in [2.24, 2.45) is 0 Å². The number of ether oxygens (including phenoxy) is 2. The zero-order chi connectivity index (χ0) is 23.4. The average Bonchev–Trinajstić information content (AvgIpc) is 2.83. The van der Waals surface area contributed by atoms with Gasteiger partial charge in [-0.1, -0.05) is 41.9 Å². The van der Waals surface area contributed by atoms with Crippen LogP contribution in [0, 0.1) is 5.82 Å². The lowest BCUT2D eigenvalue weighted by molar-refractivity contribution is -0.120. The van der Waals surface area contributed by atoms with E-state index in [1.54, 1.807) is 30.3 Å². The Morgan fingerprint density at radius 1 is 1.06 bits per heavy atom. The molecule has 0 fully saturated rings. The van der Waals surface area contributed by atoms with Crippen molar-refractivity contribution in [2.45, 2.75) is 11.0 Å². The van der Waals surface area contributed by atoms with Gasteiger partial charge in [0, 0.05) is 0 Å². The summed E-state index contributed by atoms with van der Waals surface area (Å²) in [6, 6.07) is 18.3. The van der Waals surface area contributed by atoms with Crippen molar-refractivity contribution < 1.29 is 27.1 Å². The van der Waals surface area contributed by atoms with Crippen LogP contribution < -0.4 is 19.1 Å². The van der Waals surface area contributed by atoms with Crippen LogP contribution in [0.1, 0.15) is 0 Å². The van der Waals surface area contributed by atoms with Crippen LogP contribution in [-0.2, 0) is 14.8 Å². The van der Waals surface area contributed by atoms with Gasteiger partial charge in [-0.25, -0.2) is 12.8 Å². The first kappa shape index (κ1) is 22.9. The van der Waals surface area contributed by atoms with Crippen molar-refractivity contribution >= 4 is 33.2 Å². The summed E-state index contributed by atoms with van der Waals surface area (Å²) < 4.78 is 52.5. The molecule has 1 heterocycles. The quantitative estimate of drug-likeness (QED) is 0.546. The molecule has 1 atom stereocenters. The number of nitrogens with zero attached hydrogens (tertiary/aromatic N) is 1. The summed E-state index contributed by atoms with van der Waals surface area (Å²) in [5, 5.41) is 2.42. The van der Waals surface area contributed by atoms with Gasteiger partial charge in [0.05, 0.1) is 22.2 Å². The van der Waals surface area contributed by atoms with Crippen LogP contribution >= 0.6 is 11.6 Å². The predicted octanol–water partition coefficient (Wildman–Crippen LogP) is 3.63. The molecule has 7 nitrogen and oxygen atoms in total. The summed E-state index contributed by atoms with van der Waals surface area (Å²) in [5.41, 5.74) is 0.0616. The number of carbonyl (C=O) groups excluding carboxylic acids is 1. The number of rotatable bonds is 7. The van der Waals surface area contributed by atoms with Crippen LogP contribution in [0.3, 0.4) is 0 Å². The number of para-hydroxylation sites is 2. The summed E-state index contributed by atoms with van der Waals surface area (Å²) in [6.07, 6.45) is -0.441. The minimum absolute atomic E-state index is 0.0149. The molecule has 1 aliphatic rings. The molecule has 0 aliphatic carbocycles. The van der Waals surface area contributed by atoms with Crippen molar-refractivity contribution in [3.63, 3.8) is 0 Å². The Hall–Kier alpha value is -3.30. The van der Waals surface area contributed by atoms with E-state index in [0.717, 1.165) is 10.4 Å². The number of anilines is 1. The third-order valence-electron chi connectivity index (χ3n) is 4.90. The number of benzene rings is 3. The van der Waals surface area contributed by atoms with Gasteiger partial charge < -0.3 is 14.8 Å². The van der Waals surface area contributed by atoms with Gasteiger partial charge in [0.2, 0.25) is 5.91 Å². The molecule has 1 N–H and O–H groups in total. The van der Waals surface area contributed by atoms with Gasteiger partial charge in [-0.15, -0.1) is 0 Å². The van der Waals surface area contributed by atoms with E-state index in [1.807, 2.05) is 12.1 Å². The molecule has 1 amide bonds. The van der Waals surface area contributed by atoms with Crippen molar-refractivity contribution in [2.75, 3.05) is 24.0 Å². The number of nitrogens with one attached hydrogen (secondary N) is 1. The van der Waals surface area contributed by atoms with Gasteiger partial charge in [-0.3, -0.25) is 9.10 Å². The summed E-state index contributed by atoms with van der Waals surface area (Å²) in [4.78, 5) is 12.7. The highest BCUT2D eigenvalue weighted by Crippen LogP contribution is 2.31. The molecular formula is C23H20ClFN2O5S. The molecule has 0 saturated carbocycles. The second-order valence-corrected chi connectivity index (χ2v) is 9.49. The summed E-state index contributed by atoms with van der Waals surface area (Å²) in [6.45, 7) is -0.198. The van der Waals surface area contributed by atoms with E-state index >= 15 is 0 Å². The number of halogens is 2. The Bertz CT molecular complexity index is 1260. The van der Waals surface area contributed by atoms with Gasteiger partial charge in [-0.2, -0.15) is 0 Å². The van der Waals surface area contributed by atoms with Crippen LogP contribution in [0.4, 0.5) is 10.1 Å². The van der Waals surface area contributed by atoms with Gasteiger partial charge in [0.1, 0.15) is 25.1 Å². The Labute approximate surface area is 195 Å². The van der Waals surface area contributed by atoms with Crippen LogP contribution in [-0.4, -0.2) is 40.1 Å². The first-order valence-corrected chi connectivity index (χ1v) is 11.8. The molecule has 0 bridgehead atoms. The van der Waals surface area contributed by atoms with Gasteiger partial charge in [-0.05, 0) is 42.5 Å². The van der Waals surface area contributed by atoms with Gasteiger partial charge in [0.25, 0.3) is 10.0 Å². The van der Waals surface area contributed by atoms with Crippen molar-refractivity contribution in [1.29, 1.82) is 0 Å². The smallest absolute Gasteiger partial charge is 0.264 e. The maximum atomic E-state index is 13.7. The number of carbonyl (C=O) groups is 1. The van der Waals surface area contributed by atoms with Crippen molar-refractivity contribution in [1.82, 2.24) is 5.32 Å². The highest BCUT2D eigenvalue weighted by atomic mass is 35.5. The minimum atomic E-state index is -4.13. The van der Waals surface area contributed by atoms with Crippen molar-refractivity contribution in [3.8, 4) is 11.5 Å². The Morgan fingerprint density at radius 3 is 2.48 bits per heavy atom. The Balaban J connectivity index is 1.50. The molecule has 33 heavy (non-hydrogen) atoms. The van der Waals surface area contributed by atoms with E-state index in [4.69, 9.17) is 21.1 Å². The lowest BCUT2D eigenvalue weighted by atomic mass is 10.2. The number of hydrogen-bond acceptors (Lipinski definition) is 5. The number of fused-ring (bicyclic) bond motifs is 1. The second-order valence-electron chi connectivity index (χ2n) is 7.22. The van der Waals surface area contributed by atoms with Crippen LogP contribution in [0.5, 0.6) is 11.5 Å². The van der Waals surface area contributed by atoms with Gasteiger partial charge >= 0.3 is 0 Å². The first-order chi connectivity index (χ1) is 15.8. The number of amides is 1. The minimum Gasteiger partial charge on any atom is -0.486 e. The van der Waals surface area contributed by atoms with E-state index in [2.05, 4.69) is 5.32 Å². The maximum Gasteiger partial charge on any atom is 0.264 e. The third-order valence-corrected chi connectivity index (χ3v) is 6.98. The summed E-state index contributed by atoms with van der Waals surface area (Å²) >= 11 is 5.87. The van der Waals surface area contributed by atoms with E-state index < -0.39 is 34.4 Å². The van der Waals surface area contributed by atoms with E-state index in [-0.39, 0.29) is 28.8 Å². The zero-order valence-electron chi connectivity index (χ0n) is 17.3. The standard InChI is InChI=1S/C23H20ClFN2O5S/c24-19-12-16(10-11-20(19)25)27(33(29,30)18-6-2-1-3-7-18)14-23(28)26-13-17-15-31-21-8-4-5-9-22(21)32-17/h1-12,17H,13-15H2,(H,26,28)/t17-/m0/s1. The van der Waals surface area contributed by atoms with Crippen LogP contribution in [0.2, 0.25) is 5.02 Å². The first-order valence-electron chi connectivity index (χ1n) is 10.0. The Morgan fingerprint density at radius 2 is 1.76 bits per heavy atom. The predicted molar refractivity (Wildman–Crippen MR) is 122 cm³/mol. The highest BCUT2D eigenvalue weighted by Gasteiger charge is 2.28. The maximum absolute atomic E-state index is 13.7. The molecule has 10 heteroatoms. The fourth-order valence-electron chi connectivity index (χ4n) is 3.25. The zero-order valence-corrected chi connectivity index (χ0v) is 18.9. The lowest BCUT2D eigenvalue weighted by Crippen LogP contribution is -2.45.